The number of esters is 1. The summed E-state index contributed by atoms with van der Waals surface area (Å²) in [6.07, 6.45) is -0.0462. The smallest absolute Gasteiger partial charge is 0.313 e. The number of amides is 1. The van der Waals surface area contributed by atoms with Crippen LogP contribution in [-0.4, -0.2) is 41.2 Å². The summed E-state index contributed by atoms with van der Waals surface area (Å²) < 4.78 is 4.60. The molecule has 15 heavy (non-hydrogen) atoms. The Balaban J connectivity index is 2.30. The normalized spacial score (nSPS) is 19.7. The molecule has 6 heteroatoms. The number of ketones is 1. The zero-order chi connectivity index (χ0) is 11.4. The highest BCUT2D eigenvalue weighted by Gasteiger charge is 2.35. The molecule has 0 saturated carbocycles. The first kappa shape index (κ1) is 12.0. The number of hydrogen-bond acceptors (Lipinski definition) is 4. The summed E-state index contributed by atoms with van der Waals surface area (Å²) in [6, 6.07) is 0. The molecule has 0 aromatic carbocycles. The highest BCUT2D eigenvalue weighted by Crippen LogP contribution is 2.22. The summed E-state index contributed by atoms with van der Waals surface area (Å²) in [5, 5.41) is 0. The van der Waals surface area contributed by atoms with E-state index >= 15 is 0 Å². The van der Waals surface area contributed by atoms with Crippen LogP contribution in [0.4, 0.5) is 0 Å². The predicted octanol–water partition coefficient (Wildman–Crippen LogP) is 0.306. The average molecular weight is 234 g/mol. The van der Waals surface area contributed by atoms with Crippen LogP contribution in [0, 0.1) is 0 Å². The van der Waals surface area contributed by atoms with Crippen LogP contribution >= 0.6 is 11.6 Å². The van der Waals surface area contributed by atoms with Gasteiger partial charge in [-0.15, -0.1) is 0 Å². The van der Waals surface area contributed by atoms with Gasteiger partial charge in [0.1, 0.15) is 11.9 Å². The topological polar surface area (TPSA) is 63.7 Å². The van der Waals surface area contributed by atoms with Crippen LogP contribution in [-0.2, 0) is 19.1 Å². The van der Waals surface area contributed by atoms with Gasteiger partial charge in [-0.05, 0) is 6.92 Å². The number of likely N-dealkylation sites (tertiary alicyclic amines) is 1. The molecule has 0 radical (unpaired) electrons. The van der Waals surface area contributed by atoms with Crippen LogP contribution in [0.3, 0.4) is 0 Å². The standard InChI is InChI=1S/C9H12ClNO4/c1-2-15-9(14)3-6(12)5-11-7(10)4-8(11)13/h7H,2-5H2,1H3. The van der Waals surface area contributed by atoms with Gasteiger partial charge in [0, 0.05) is 0 Å². The van der Waals surface area contributed by atoms with Gasteiger partial charge in [0.05, 0.1) is 19.6 Å². The number of nitrogens with zero attached hydrogens (tertiary/aromatic N) is 1. The fourth-order valence-electron chi connectivity index (χ4n) is 1.22. The Morgan fingerprint density at radius 3 is 2.73 bits per heavy atom. The number of carbonyl (C=O) groups is 3. The molecule has 1 heterocycles. The van der Waals surface area contributed by atoms with Crippen molar-refractivity contribution in [2.75, 3.05) is 13.2 Å². The quantitative estimate of drug-likeness (QED) is 0.225. The number of Topliss-reactive ketones (excluding diaryl/α,β-unsaturated/α-hetero) is 1. The van der Waals surface area contributed by atoms with E-state index < -0.39 is 11.5 Å². The van der Waals surface area contributed by atoms with Crippen molar-refractivity contribution in [2.45, 2.75) is 25.3 Å². The lowest BCUT2D eigenvalue weighted by Gasteiger charge is -2.35. The molecule has 1 saturated heterocycles. The molecule has 0 aliphatic carbocycles. The lowest BCUT2D eigenvalue weighted by molar-refractivity contribution is -0.150. The summed E-state index contributed by atoms with van der Waals surface area (Å²) in [6.45, 7) is 1.80. The van der Waals surface area contributed by atoms with Crippen molar-refractivity contribution in [3.05, 3.63) is 0 Å². The first-order chi connectivity index (χ1) is 7.04. The van der Waals surface area contributed by atoms with E-state index in [9.17, 15) is 14.4 Å². The van der Waals surface area contributed by atoms with Gasteiger partial charge >= 0.3 is 5.97 Å². The minimum Gasteiger partial charge on any atom is -0.466 e. The monoisotopic (exact) mass is 233 g/mol. The van der Waals surface area contributed by atoms with Crippen LogP contribution < -0.4 is 0 Å². The molecule has 0 N–H and O–H groups in total. The molecular formula is C9H12ClNO4. The second-order valence-corrected chi connectivity index (χ2v) is 3.68. The molecule has 84 valence electrons. The average Bonchev–Trinajstić information content (AvgIpc) is 2.15. The molecule has 5 nitrogen and oxygen atoms in total. The van der Waals surface area contributed by atoms with Crippen molar-refractivity contribution in [3.63, 3.8) is 0 Å². The molecule has 0 aromatic rings. The molecular weight excluding hydrogens is 222 g/mol. The van der Waals surface area contributed by atoms with Crippen molar-refractivity contribution >= 4 is 29.3 Å². The van der Waals surface area contributed by atoms with E-state index in [4.69, 9.17) is 11.6 Å². The third-order valence-corrected chi connectivity index (χ3v) is 2.39. The number of halogens is 1. The van der Waals surface area contributed by atoms with E-state index in [0.29, 0.717) is 0 Å². The summed E-state index contributed by atoms with van der Waals surface area (Å²) in [7, 11) is 0. The number of rotatable bonds is 5. The maximum absolute atomic E-state index is 11.3. The van der Waals surface area contributed by atoms with Crippen LogP contribution in [0.2, 0.25) is 0 Å². The molecule has 1 atom stereocenters. The summed E-state index contributed by atoms with van der Waals surface area (Å²) in [4.78, 5) is 34.4. The molecule has 0 spiro atoms. The van der Waals surface area contributed by atoms with E-state index in [-0.39, 0.29) is 37.7 Å². The van der Waals surface area contributed by atoms with Crippen LogP contribution in [0.5, 0.6) is 0 Å². The van der Waals surface area contributed by atoms with Crippen molar-refractivity contribution in [1.29, 1.82) is 0 Å². The van der Waals surface area contributed by atoms with Gasteiger partial charge in [0.25, 0.3) is 0 Å². The Labute approximate surface area is 92.3 Å². The Kier molecular flexibility index (Phi) is 4.08. The predicted molar refractivity (Wildman–Crippen MR) is 52.2 cm³/mol. The van der Waals surface area contributed by atoms with Gasteiger partial charge in [0.15, 0.2) is 5.78 Å². The van der Waals surface area contributed by atoms with Gasteiger partial charge in [0.2, 0.25) is 5.91 Å². The molecule has 1 aliphatic heterocycles. The fourth-order valence-corrected chi connectivity index (χ4v) is 1.53. The molecule has 1 fully saturated rings. The summed E-state index contributed by atoms with van der Waals surface area (Å²) in [5.41, 5.74) is -0.413. The SMILES string of the molecule is CCOC(=O)CC(=O)CN1C(=O)CC1Cl. The number of ether oxygens (including phenoxy) is 1. The number of alkyl halides is 1. The second-order valence-electron chi connectivity index (χ2n) is 3.18. The maximum atomic E-state index is 11.3. The Hall–Kier alpha value is -1.10. The van der Waals surface area contributed by atoms with Crippen LogP contribution in [0.1, 0.15) is 19.8 Å². The van der Waals surface area contributed by atoms with E-state index in [1.165, 1.54) is 4.90 Å². The van der Waals surface area contributed by atoms with Crippen molar-refractivity contribution in [3.8, 4) is 0 Å². The number of carbonyl (C=O) groups excluding carboxylic acids is 3. The van der Waals surface area contributed by atoms with Crippen molar-refractivity contribution < 1.29 is 19.1 Å². The molecule has 0 bridgehead atoms. The van der Waals surface area contributed by atoms with E-state index in [1.54, 1.807) is 6.92 Å². The lowest BCUT2D eigenvalue weighted by Crippen LogP contribution is -2.51. The summed E-state index contributed by atoms with van der Waals surface area (Å²) in [5.74, 6) is -1.08. The lowest BCUT2D eigenvalue weighted by atomic mass is 10.1. The Bertz CT molecular complexity index is 292. The molecule has 1 rings (SSSR count). The number of β-lactam (4-membered cyclic amide) rings is 1. The zero-order valence-corrected chi connectivity index (χ0v) is 9.12. The minimum atomic E-state index is -0.568. The molecule has 1 amide bonds. The molecule has 1 aliphatic rings. The highest BCUT2D eigenvalue weighted by atomic mass is 35.5. The summed E-state index contributed by atoms with van der Waals surface area (Å²) >= 11 is 5.69. The number of hydrogen-bond donors (Lipinski definition) is 0. The van der Waals surface area contributed by atoms with Gasteiger partial charge in [-0.3, -0.25) is 14.4 Å². The Morgan fingerprint density at radius 2 is 2.27 bits per heavy atom. The third-order valence-electron chi connectivity index (χ3n) is 2.00. The first-order valence-electron chi connectivity index (χ1n) is 4.65. The van der Waals surface area contributed by atoms with Gasteiger partial charge in [-0.1, -0.05) is 11.6 Å². The van der Waals surface area contributed by atoms with E-state index in [2.05, 4.69) is 4.74 Å². The van der Waals surface area contributed by atoms with E-state index in [1.807, 2.05) is 0 Å². The second kappa shape index (κ2) is 5.11. The van der Waals surface area contributed by atoms with Gasteiger partial charge in [-0.2, -0.15) is 0 Å². The van der Waals surface area contributed by atoms with Crippen LogP contribution in [0.15, 0.2) is 0 Å². The largest absolute Gasteiger partial charge is 0.466 e. The zero-order valence-electron chi connectivity index (χ0n) is 8.36. The maximum Gasteiger partial charge on any atom is 0.313 e. The highest BCUT2D eigenvalue weighted by molar-refractivity contribution is 6.25. The van der Waals surface area contributed by atoms with Gasteiger partial charge < -0.3 is 9.64 Å². The Morgan fingerprint density at radius 1 is 1.60 bits per heavy atom. The first-order valence-corrected chi connectivity index (χ1v) is 5.09. The minimum absolute atomic E-state index is 0.105. The van der Waals surface area contributed by atoms with Crippen molar-refractivity contribution in [1.82, 2.24) is 4.90 Å². The third kappa shape index (κ3) is 3.20. The van der Waals surface area contributed by atoms with E-state index in [0.717, 1.165) is 0 Å². The van der Waals surface area contributed by atoms with Crippen LogP contribution in [0.25, 0.3) is 0 Å². The van der Waals surface area contributed by atoms with Gasteiger partial charge in [-0.25, -0.2) is 0 Å². The van der Waals surface area contributed by atoms with Crippen molar-refractivity contribution in [2.24, 2.45) is 0 Å². The fraction of sp³-hybridized carbons (Fsp3) is 0.667. The molecule has 0 aromatic heterocycles. The molecule has 1 unspecified atom stereocenters.